The average Bonchev–Trinajstić information content (AvgIpc) is 2.77. The molecule has 0 fully saturated rings. The molecule has 2 aromatic carbocycles. The number of imidazole rings is 1. The number of hydrogen-bond acceptors (Lipinski definition) is 2. The molecule has 0 amide bonds. The second kappa shape index (κ2) is 4.44. The summed E-state index contributed by atoms with van der Waals surface area (Å²) in [5, 5.41) is 0.994. The zero-order valence-electron chi connectivity index (χ0n) is 10.2. The summed E-state index contributed by atoms with van der Waals surface area (Å²) < 4.78 is 0. The molecule has 0 atom stereocenters. The number of hydrogen-bond donors (Lipinski definition) is 2. The van der Waals surface area contributed by atoms with Crippen LogP contribution in [0.1, 0.15) is 5.56 Å². The molecule has 0 saturated carbocycles. The number of nitrogens with one attached hydrogen (secondary N) is 1. The highest BCUT2D eigenvalue weighted by Gasteiger charge is 2.14. The number of aromatic amines is 1. The van der Waals surface area contributed by atoms with Crippen molar-refractivity contribution in [2.45, 2.75) is 6.92 Å². The molecule has 1 heterocycles. The maximum atomic E-state index is 6.20. The number of fused-ring (bicyclic) bond motifs is 1. The van der Waals surface area contributed by atoms with E-state index in [4.69, 9.17) is 28.9 Å². The van der Waals surface area contributed by atoms with Crippen LogP contribution in [0.3, 0.4) is 0 Å². The summed E-state index contributed by atoms with van der Waals surface area (Å²) in [6.07, 6.45) is 0. The van der Waals surface area contributed by atoms with E-state index in [0.29, 0.717) is 27.1 Å². The molecule has 3 N–H and O–H groups in total. The number of halogens is 2. The summed E-state index contributed by atoms with van der Waals surface area (Å²) in [4.78, 5) is 7.74. The summed E-state index contributed by atoms with van der Waals surface area (Å²) in [6.45, 7) is 2.03. The van der Waals surface area contributed by atoms with E-state index < -0.39 is 0 Å². The number of benzene rings is 2. The van der Waals surface area contributed by atoms with E-state index in [1.165, 1.54) is 0 Å². The largest absolute Gasteiger partial charge is 0.397 e. The van der Waals surface area contributed by atoms with Crippen LogP contribution in [0.5, 0.6) is 0 Å². The Balaban J connectivity index is 2.27. The maximum Gasteiger partial charge on any atom is 0.142 e. The molecule has 3 rings (SSSR count). The molecule has 3 nitrogen and oxygen atoms in total. The molecule has 3 aromatic rings. The number of aryl methyl sites for hydroxylation is 1. The Morgan fingerprint density at radius 3 is 2.63 bits per heavy atom. The second-order valence-corrected chi connectivity index (χ2v) is 5.24. The van der Waals surface area contributed by atoms with Crippen LogP contribution in [0, 0.1) is 6.92 Å². The van der Waals surface area contributed by atoms with Gasteiger partial charge in [-0.15, -0.1) is 0 Å². The van der Waals surface area contributed by atoms with Gasteiger partial charge in [0.1, 0.15) is 5.82 Å². The van der Waals surface area contributed by atoms with Crippen LogP contribution in [0.4, 0.5) is 5.69 Å². The van der Waals surface area contributed by atoms with E-state index in [1.807, 2.05) is 25.1 Å². The Kier molecular flexibility index (Phi) is 2.88. The van der Waals surface area contributed by atoms with Crippen molar-refractivity contribution in [2.75, 3.05) is 5.73 Å². The van der Waals surface area contributed by atoms with Gasteiger partial charge in [0.15, 0.2) is 0 Å². The Labute approximate surface area is 120 Å². The third-order valence-electron chi connectivity index (χ3n) is 3.02. The van der Waals surface area contributed by atoms with Crippen molar-refractivity contribution in [3.05, 3.63) is 45.9 Å². The first-order valence-corrected chi connectivity index (χ1v) is 6.52. The zero-order chi connectivity index (χ0) is 13.6. The molecule has 0 spiro atoms. The van der Waals surface area contributed by atoms with Crippen molar-refractivity contribution >= 4 is 39.9 Å². The quantitative estimate of drug-likeness (QED) is 0.652. The first kappa shape index (κ1) is 12.3. The lowest BCUT2D eigenvalue weighted by Gasteiger charge is -2.06. The van der Waals surface area contributed by atoms with Crippen LogP contribution >= 0.6 is 23.2 Å². The summed E-state index contributed by atoms with van der Waals surface area (Å²) >= 11 is 12.2. The maximum absolute atomic E-state index is 6.20. The lowest BCUT2D eigenvalue weighted by Crippen LogP contribution is -1.93. The van der Waals surface area contributed by atoms with Gasteiger partial charge in [0, 0.05) is 0 Å². The molecule has 0 saturated heterocycles. The summed E-state index contributed by atoms with van der Waals surface area (Å²) in [5.41, 5.74) is 10.0. The van der Waals surface area contributed by atoms with Crippen molar-refractivity contribution < 1.29 is 0 Å². The molecule has 5 heteroatoms. The van der Waals surface area contributed by atoms with Crippen LogP contribution in [-0.2, 0) is 0 Å². The fourth-order valence-corrected chi connectivity index (χ4v) is 2.46. The molecule has 0 aliphatic carbocycles. The molecular formula is C14H11Cl2N3. The molecule has 1 aromatic heterocycles. The number of anilines is 1. The third-order valence-corrected chi connectivity index (χ3v) is 3.66. The Hall–Kier alpha value is -1.71. The smallest absolute Gasteiger partial charge is 0.142 e. The van der Waals surface area contributed by atoms with E-state index in [0.717, 1.165) is 16.6 Å². The highest BCUT2D eigenvalue weighted by molar-refractivity contribution is 6.37. The lowest BCUT2D eigenvalue weighted by molar-refractivity contribution is 1.34. The highest BCUT2D eigenvalue weighted by atomic mass is 35.5. The molecule has 19 heavy (non-hydrogen) atoms. The van der Waals surface area contributed by atoms with Gasteiger partial charge in [-0.05, 0) is 36.8 Å². The first-order chi connectivity index (χ1) is 9.06. The van der Waals surface area contributed by atoms with Gasteiger partial charge in [-0.2, -0.15) is 0 Å². The molecule has 96 valence electrons. The van der Waals surface area contributed by atoms with Crippen molar-refractivity contribution in [1.29, 1.82) is 0 Å². The van der Waals surface area contributed by atoms with E-state index in [1.54, 1.807) is 12.1 Å². The fourth-order valence-electron chi connectivity index (χ4n) is 2.05. The van der Waals surface area contributed by atoms with E-state index >= 15 is 0 Å². The molecular weight excluding hydrogens is 281 g/mol. The van der Waals surface area contributed by atoms with Gasteiger partial charge in [0.2, 0.25) is 0 Å². The van der Waals surface area contributed by atoms with Crippen molar-refractivity contribution in [2.24, 2.45) is 0 Å². The van der Waals surface area contributed by atoms with Crippen LogP contribution < -0.4 is 5.73 Å². The molecule has 0 unspecified atom stereocenters. The lowest BCUT2D eigenvalue weighted by atomic mass is 10.1. The minimum absolute atomic E-state index is 0.435. The Morgan fingerprint density at radius 2 is 1.84 bits per heavy atom. The Morgan fingerprint density at radius 1 is 1.11 bits per heavy atom. The van der Waals surface area contributed by atoms with Gasteiger partial charge in [0.05, 0.1) is 32.3 Å². The number of H-pyrrole nitrogens is 1. The third kappa shape index (κ3) is 2.05. The van der Waals surface area contributed by atoms with Crippen LogP contribution in [0.25, 0.3) is 22.4 Å². The van der Waals surface area contributed by atoms with Crippen molar-refractivity contribution in [1.82, 2.24) is 9.97 Å². The topological polar surface area (TPSA) is 54.7 Å². The summed E-state index contributed by atoms with van der Waals surface area (Å²) in [6, 6.07) is 9.39. The van der Waals surface area contributed by atoms with Crippen LogP contribution in [-0.4, -0.2) is 9.97 Å². The van der Waals surface area contributed by atoms with E-state index in [-0.39, 0.29) is 0 Å². The summed E-state index contributed by atoms with van der Waals surface area (Å²) in [5.74, 6) is 0.630. The second-order valence-electron chi connectivity index (χ2n) is 4.42. The number of nitrogen functional groups attached to an aromatic ring is 1. The van der Waals surface area contributed by atoms with Crippen molar-refractivity contribution in [3.8, 4) is 11.4 Å². The van der Waals surface area contributed by atoms with Gasteiger partial charge in [-0.3, -0.25) is 0 Å². The highest BCUT2D eigenvalue weighted by Crippen LogP contribution is 2.36. The monoisotopic (exact) mass is 291 g/mol. The molecule has 0 aliphatic rings. The van der Waals surface area contributed by atoms with Crippen molar-refractivity contribution in [3.63, 3.8) is 0 Å². The van der Waals surface area contributed by atoms with Crippen LogP contribution in [0.2, 0.25) is 10.0 Å². The predicted octanol–water partition coefficient (Wildman–Crippen LogP) is 4.43. The Bertz CT molecular complexity index is 778. The zero-order valence-corrected chi connectivity index (χ0v) is 11.7. The van der Waals surface area contributed by atoms with E-state index in [2.05, 4.69) is 9.97 Å². The normalized spacial score (nSPS) is 11.1. The van der Waals surface area contributed by atoms with Gasteiger partial charge in [-0.25, -0.2) is 4.98 Å². The minimum atomic E-state index is 0.435. The van der Waals surface area contributed by atoms with Gasteiger partial charge >= 0.3 is 0 Å². The SMILES string of the molecule is Cc1ccc2nc(-c3c(Cl)ccc(Cl)c3N)[nH]c2c1. The van der Waals surface area contributed by atoms with Gasteiger partial charge < -0.3 is 10.7 Å². The number of rotatable bonds is 1. The van der Waals surface area contributed by atoms with E-state index in [9.17, 15) is 0 Å². The summed E-state index contributed by atoms with van der Waals surface area (Å²) in [7, 11) is 0. The average molecular weight is 292 g/mol. The molecule has 0 bridgehead atoms. The predicted molar refractivity (Wildman–Crippen MR) is 80.7 cm³/mol. The number of nitrogens with zero attached hydrogens (tertiary/aromatic N) is 1. The first-order valence-electron chi connectivity index (χ1n) is 5.76. The van der Waals surface area contributed by atoms with Crippen LogP contribution in [0.15, 0.2) is 30.3 Å². The number of aromatic nitrogens is 2. The van der Waals surface area contributed by atoms with Gasteiger partial charge in [-0.1, -0.05) is 29.3 Å². The fraction of sp³-hybridized carbons (Fsp3) is 0.0714. The standard InChI is InChI=1S/C14H11Cl2N3/c1-7-2-5-10-11(6-7)19-14(18-10)12-8(15)3-4-9(16)13(12)17/h2-6H,17H2,1H3,(H,18,19). The molecule has 0 radical (unpaired) electrons. The number of nitrogens with two attached hydrogens (primary N) is 1. The minimum Gasteiger partial charge on any atom is -0.397 e. The molecule has 0 aliphatic heterocycles. The van der Waals surface area contributed by atoms with Gasteiger partial charge in [0.25, 0.3) is 0 Å².